The van der Waals surface area contributed by atoms with Crippen LogP contribution in [0, 0.1) is 0 Å². The molecule has 0 spiro atoms. The van der Waals surface area contributed by atoms with E-state index in [4.69, 9.17) is 4.74 Å². The average Bonchev–Trinajstić information content (AvgIpc) is 2.76. The second-order valence-corrected chi connectivity index (χ2v) is 11.3. The molecule has 0 saturated heterocycles. The zero-order valence-corrected chi connectivity index (χ0v) is 21.1. The van der Waals surface area contributed by atoms with Gasteiger partial charge in [-0.3, -0.25) is 19.2 Å². The lowest BCUT2D eigenvalue weighted by Crippen LogP contribution is -2.31. The third-order valence-corrected chi connectivity index (χ3v) is 6.24. The van der Waals surface area contributed by atoms with E-state index in [9.17, 15) is 18.0 Å². The summed E-state index contributed by atoms with van der Waals surface area (Å²) >= 11 is 0. The molecule has 0 unspecified atom stereocenters. The predicted octanol–water partition coefficient (Wildman–Crippen LogP) is 4.40. The number of benzene rings is 2. The smallest absolute Gasteiger partial charge is 0.238 e. The molecule has 2 heterocycles. The number of hydrogen-bond donors (Lipinski definition) is 1. The number of sulfonamides is 1. The fourth-order valence-electron chi connectivity index (χ4n) is 4.05. The first-order valence-electron chi connectivity index (χ1n) is 11.0. The number of anilines is 2. The van der Waals surface area contributed by atoms with E-state index in [-0.39, 0.29) is 29.3 Å². The van der Waals surface area contributed by atoms with Crippen LogP contribution in [0.5, 0.6) is 5.75 Å². The van der Waals surface area contributed by atoms with Crippen LogP contribution in [-0.2, 0) is 25.0 Å². The number of nitrogens with zero attached hydrogens (tertiary/aromatic N) is 2. The number of aromatic nitrogens is 1. The normalized spacial score (nSPS) is 14.5. The topological polar surface area (TPSA) is 106 Å². The number of hydrogen-bond acceptors (Lipinski definition) is 6. The summed E-state index contributed by atoms with van der Waals surface area (Å²) in [6.45, 7) is 6.20. The molecule has 3 aromatic rings. The van der Waals surface area contributed by atoms with Crippen LogP contribution in [0.3, 0.4) is 0 Å². The van der Waals surface area contributed by atoms with Gasteiger partial charge in [0.15, 0.2) is 5.78 Å². The standard InChI is InChI=1S/C26H27N3O5S/c1-26(2,3)21-14-18(29-11-10-19(30)15-24(29)31)13-20(25(21)34-4)16-6-8-22-17(12-16)7-9-23(27-22)28-35(5,32)33/h6-14H,15H2,1-5H3,(H,27,28). The van der Waals surface area contributed by atoms with E-state index >= 15 is 0 Å². The number of methoxy groups -OCH3 is 1. The highest BCUT2D eigenvalue weighted by Gasteiger charge is 2.27. The van der Waals surface area contributed by atoms with Gasteiger partial charge in [-0.05, 0) is 53.5 Å². The van der Waals surface area contributed by atoms with Crippen LogP contribution in [0.2, 0.25) is 0 Å². The van der Waals surface area contributed by atoms with E-state index < -0.39 is 10.0 Å². The van der Waals surface area contributed by atoms with Crippen LogP contribution in [0.15, 0.2) is 54.7 Å². The van der Waals surface area contributed by atoms with Crippen molar-refractivity contribution >= 4 is 44.1 Å². The maximum Gasteiger partial charge on any atom is 0.238 e. The van der Waals surface area contributed by atoms with Gasteiger partial charge in [0.25, 0.3) is 0 Å². The van der Waals surface area contributed by atoms with Gasteiger partial charge in [0.05, 0.1) is 25.3 Å². The van der Waals surface area contributed by atoms with Gasteiger partial charge in [-0.2, -0.15) is 0 Å². The molecule has 0 atom stereocenters. The quantitative estimate of drug-likeness (QED) is 0.528. The van der Waals surface area contributed by atoms with Crippen LogP contribution in [0.1, 0.15) is 32.8 Å². The molecule has 2 aromatic carbocycles. The molecular formula is C26H27N3O5S. The molecular weight excluding hydrogens is 466 g/mol. The lowest BCUT2D eigenvalue weighted by Gasteiger charge is -2.28. The number of carbonyl (C=O) groups excluding carboxylic acids is 2. The van der Waals surface area contributed by atoms with Crippen molar-refractivity contribution in [3.8, 4) is 16.9 Å². The monoisotopic (exact) mass is 493 g/mol. The second-order valence-electron chi connectivity index (χ2n) is 9.52. The number of nitrogens with one attached hydrogen (secondary N) is 1. The van der Waals surface area contributed by atoms with E-state index in [1.165, 1.54) is 17.2 Å². The molecule has 1 N–H and O–H groups in total. The lowest BCUT2D eigenvalue weighted by atomic mass is 9.83. The molecule has 1 aliphatic heterocycles. The minimum Gasteiger partial charge on any atom is -0.496 e. The number of rotatable bonds is 5. The number of amides is 1. The Kier molecular flexibility index (Phi) is 6.14. The van der Waals surface area contributed by atoms with Crippen LogP contribution in [-0.4, -0.2) is 38.5 Å². The lowest BCUT2D eigenvalue weighted by molar-refractivity contribution is -0.124. The first kappa shape index (κ1) is 24.4. The van der Waals surface area contributed by atoms with Gasteiger partial charge >= 0.3 is 0 Å². The summed E-state index contributed by atoms with van der Waals surface area (Å²) in [5.74, 6) is 0.422. The van der Waals surface area contributed by atoms with Crippen molar-refractivity contribution in [1.29, 1.82) is 0 Å². The molecule has 9 heteroatoms. The maximum absolute atomic E-state index is 12.6. The third-order valence-electron chi connectivity index (χ3n) is 5.66. The molecule has 1 aromatic heterocycles. The summed E-state index contributed by atoms with van der Waals surface area (Å²) in [5, 5.41) is 0.811. The summed E-state index contributed by atoms with van der Waals surface area (Å²) in [7, 11) is -1.82. The predicted molar refractivity (Wildman–Crippen MR) is 137 cm³/mol. The van der Waals surface area contributed by atoms with Crippen molar-refractivity contribution in [1.82, 2.24) is 4.98 Å². The fraction of sp³-hybridized carbons (Fsp3) is 0.269. The fourth-order valence-corrected chi connectivity index (χ4v) is 4.54. The third kappa shape index (κ3) is 5.19. The van der Waals surface area contributed by atoms with Gasteiger partial charge in [-0.15, -0.1) is 0 Å². The Bertz CT molecular complexity index is 1490. The zero-order chi connectivity index (χ0) is 25.5. The molecule has 182 valence electrons. The molecule has 4 rings (SSSR count). The zero-order valence-electron chi connectivity index (χ0n) is 20.2. The van der Waals surface area contributed by atoms with Gasteiger partial charge in [0.2, 0.25) is 15.9 Å². The first-order chi connectivity index (χ1) is 16.4. The molecule has 0 bridgehead atoms. The van der Waals surface area contributed by atoms with Crippen molar-refractivity contribution in [3.63, 3.8) is 0 Å². The SMILES string of the molecule is COc1c(-c2ccc3nc(NS(C)(=O)=O)ccc3c2)cc(N2C=CC(=O)CC2=O)cc1C(C)(C)C. The summed E-state index contributed by atoms with van der Waals surface area (Å²) in [6, 6.07) is 12.8. The van der Waals surface area contributed by atoms with Crippen molar-refractivity contribution < 1.29 is 22.7 Å². The van der Waals surface area contributed by atoms with Crippen molar-refractivity contribution in [2.24, 2.45) is 0 Å². The number of pyridine rings is 1. The van der Waals surface area contributed by atoms with Crippen molar-refractivity contribution in [3.05, 3.63) is 60.3 Å². The van der Waals surface area contributed by atoms with E-state index in [1.54, 1.807) is 19.2 Å². The highest BCUT2D eigenvalue weighted by Crippen LogP contribution is 2.43. The Hall–Kier alpha value is -3.72. The minimum atomic E-state index is -3.44. The Morgan fingerprint density at radius 1 is 1.06 bits per heavy atom. The van der Waals surface area contributed by atoms with Crippen molar-refractivity contribution in [2.45, 2.75) is 32.6 Å². The van der Waals surface area contributed by atoms with Gasteiger partial charge in [-0.25, -0.2) is 13.4 Å². The summed E-state index contributed by atoms with van der Waals surface area (Å²) < 4.78 is 31.3. The second kappa shape index (κ2) is 8.81. The molecule has 0 radical (unpaired) electrons. The van der Waals surface area contributed by atoms with Crippen LogP contribution in [0.4, 0.5) is 11.5 Å². The molecule has 0 fully saturated rings. The van der Waals surface area contributed by atoms with Gasteiger partial charge < -0.3 is 4.74 Å². The molecule has 0 saturated carbocycles. The van der Waals surface area contributed by atoms with Crippen LogP contribution < -0.4 is 14.4 Å². The maximum atomic E-state index is 12.6. The molecule has 35 heavy (non-hydrogen) atoms. The number of carbonyl (C=O) groups is 2. The van der Waals surface area contributed by atoms with Crippen LogP contribution >= 0.6 is 0 Å². The Labute approximate surface area is 204 Å². The summed E-state index contributed by atoms with van der Waals surface area (Å²) in [4.78, 5) is 30.2. The average molecular weight is 494 g/mol. The Morgan fingerprint density at radius 3 is 2.43 bits per heavy atom. The van der Waals surface area contributed by atoms with Gasteiger partial charge in [-0.1, -0.05) is 26.8 Å². The van der Waals surface area contributed by atoms with Gasteiger partial charge in [0, 0.05) is 28.4 Å². The Morgan fingerprint density at radius 2 is 1.80 bits per heavy atom. The molecule has 1 aliphatic rings. The van der Waals surface area contributed by atoms with Gasteiger partial charge in [0.1, 0.15) is 11.6 Å². The summed E-state index contributed by atoms with van der Waals surface area (Å²) in [5.41, 5.74) is 3.52. The molecule has 1 amide bonds. The minimum absolute atomic E-state index is 0.172. The molecule has 8 nitrogen and oxygen atoms in total. The van der Waals surface area contributed by atoms with E-state index in [2.05, 4.69) is 30.5 Å². The highest BCUT2D eigenvalue weighted by molar-refractivity contribution is 7.92. The largest absolute Gasteiger partial charge is 0.496 e. The van der Waals surface area contributed by atoms with Crippen LogP contribution in [0.25, 0.3) is 22.0 Å². The van der Waals surface area contributed by atoms with E-state index in [0.29, 0.717) is 17.0 Å². The number of fused-ring (bicyclic) bond motifs is 1. The Balaban J connectivity index is 1.89. The number of allylic oxidation sites excluding steroid dienone is 1. The number of ether oxygens (including phenoxy) is 1. The summed E-state index contributed by atoms with van der Waals surface area (Å²) in [6.07, 6.45) is 3.82. The van der Waals surface area contributed by atoms with Crippen molar-refractivity contribution in [2.75, 3.05) is 23.0 Å². The molecule has 0 aliphatic carbocycles. The highest BCUT2D eigenvalue weighted by atomic mass is 32.2. The number of ketones is 1. The first-order valence-corrected chi connectivity index (χ1v) is 12.9. The van der Waals surface area contributed by atoms with E-state index in [1.807, 2.05) is 30.3 Å². The van der Waals surface area contributed by atoms with E-state index in [0.717, 1.165) is 28.3 Å².